The number of ether oxygens (including phenoxy) is 1. The Bertz CT molecular complexity index is 537. The van der Waals surface area contributed by atoms with Crippen LogP contribution in [-0.4, -0.2) is 18.2 Å². The predicted octanol–water partition coefficient (Wildman–Crippen LogP) is 2.91. The third kappa shape index (κ3) is 4.14. The molecule has 0 amide bonds. The zero-order valence-corrected chi connectivity index (χ0v) is 10.8. The smallest absolute Gasteiger partial charge is 0.307 e. The molecule has 0 unspecified atom stereocenters. The largest absolute Gasteiger partial charge is 0.497 e. The van der Waals surface area contributed by atoms with Crippen LogP contribution in [0.25, 0.3) is 0 Å². The molecule has 0 fully saturated rings. The highest BCUT2D eigenvalue weighted by atomic mass is 16.5. The second-order valence-corrected chi connectivity index (χ2v) is 4.36. The fourth-order valence-electron chi connectivity index (χ4n) is 1.75. The molecule has 2 aromatic carbocycles. The first kappa shape index (κ1) is 13.1. The van der Waals surface area contributed by atoms with Crippen LogP contribution in [-0.2, 0) is 17.6 Å². The molecule has 0 saturated heterocycles. The highest BCUT2D eigenvalue weighted by Gasteiger charge is 2.12. The highest BCUT2D eigenvalue weighted by Crippen LogP contribution is 2.25. The number of carboxylic acids is 1. The van der Waals surface area contributed by atoms with Crippen molar-refractivity contribution in [3.63, 3.8) is 0 Å². The summed E-state index contributed by atoms with van der Waals surface area (Å²) in [7, 11) is 1.58. The molecule has 98 valence electrons. The molecule has 1 aliphatic carbocycles. The number of carboxylic acid groups (broad SMARTS) is 1. The molecular weight excluding hydrogens is 240 g/mol. The number of carbonyl (C=O) groups is 1. The predicted molar refractivity (Wildman–Crippen MR) is 73.6 cm³/mol. The minimum Gasteiger partial charge on any atom is -0.497 e. The number of hydrogen-bond acceptors (Lipinski definition) is 2. The molecule has 0 aromatic heterocycles. The molecular formula is C16H16O3. The molecule has 1 N–H and O–H groups in total. The average Bonchev–Trinajstić information content (AvgIpc) is 3.19. The minimum absolute atomic E-state index is 0.0595. The summed E-state index contributed by atoms with van der Waals surface area (Å²) in [6, 6.07) is 15.5. The van der Waals surface area contributed by atoms with Crippen LogP contribution >= 0.6 is 0 Å². The van der Waals surface area contributed by atoms with E-state index in [1.807, 2.05) is 0 Å². The number of hydrogen-bond donors (Lipinski definition) is 1. The van der Waals surface area contributed by atoms with Gasteiger partial charge >= 0.3 is 5.97 Å². The van der Waals surface area contributed by atoms with Gasteiger partial charge in [-0.3, -0.25) is 4.79 Å². The molecule has 1 aliphatic rings. The molecule has 3 nitrogen and oxygen atoms in total. The van der Waals surface area contributed by atoms with Gasteiger partial charge in [0.1, 0.15) is 5.75 Å². The number of methoxy groups -OCH3 is 1. The van der Waals surface area contributed by atoms with Crippen molar-refractivity contribution < 1.29 is 14.6 Å². The fourth-order valence-corrected chi connectivity index (χ4v) is 1.75. The molecule has 19 heavy (non-hydrogen) atoms. The lowest BCUT2D eigenvalue weighted by Crippen LogP contribution is -1.99. The highest BCUT2D eigenvalue weighted by molar-refractivity contribution is 5.70. The van der Waals surface area contributed by atoms with Gasteiger partial charge in [-0.2, -0.15) is 0 Å². The Labute approximate surface area is 112 Å². The van der Waals surface area contributed by atoms with E-state index in [-0.39, 0.29) is 6.42 Å². The van der Waals surface area contributed by atoms with Crippen LogP contribution in [0.4, 0.5) is 0 Å². The van der Waals surface area contributed by atoms with Crippen molar-refractivity contribution in [3.05, 3.63) is 65.2 Å². The summed E-state index contributed by atoms with van der Waals surface area (Å²) in [4.78, 5) is 10.3. The van der Waals surface area contributed by atoms with Crippen molar-refractivity contribution in [1.29, 1.82) is 0 Å². The zero-order chi connectivity index (χ0) is 13.7. The Kier molecular flexibility index (Phi) is 4.18. The van der Waals surface area contributed by atoms with Crippen molar-refractivity contribution >= 4 is 5.97 Å². The van der Waals surface area contributed by atoms with E-state index in [1.54, 1.807) is 31.4 Å². The van der Waals surface area contributed by atoms with Crippen LogP contribution in [0.2, 0.25) is 0 Å². The maximum atomic E-state index is 10.3. The van der Waals surface area contributed by atoms with Gasteiger partial charge in [0.15, 0.2) is 0 Å². The Balaban J connectivity index is 0.000000159. The average molecular weight is 256 g/mol. The van der Waals surface area contributed by atoms with E-state index >= 15 is 0 Å². The minimum atomic E-state index is -0.819. The van der Waals surface area contributed by atoms with Gasteiger partial charge < -0.3 is 9.84 Å². The van der Waals surface area contributed by atoms with E-state index in [0.29, 0.717) is 0 Å². The number of aliphatic carboxylic acids is 1. The van der Waals surface area contributed by atoms with Crippen LogP contribution in [0.15, 0.2) is 48.5 Å². The monoisotopic (exact) mass is 256 g/mol. The Morgan fingerprint density at radius 3 is 2.11 bits per heavy atom. The van der Waals surface area contributed by atoms with Gasteiger partial charge in [-0.05, 0) is 35.2 Å². The third-order valence-electron chi connectivity index (χ3n) is 2.89. The second kappa shape index (κ2) is 6.05. The van der Waals surface area contributed by atoms with Gasteiger partial charge in [0.05, 0.1) is 13.5 Å². The van der Waals surface area contributed by atoms with E-state index < -0.39 is 5.97 Å². The van der Waals surface area contributed by atoms with Crippen molar-refractivity contribution in [2.75, 3.05) is 7.11 Å². The fraction of sp³-hybridized carbons (Fsp3) is 0.188. The van der Waals surface area contributed by atoms with E-state index in [0.717, 1.165) is 11.3 Å². The Morgan fingerprint density at radius 2 is 1.68 bits per heavy atom. The maximum absolute atomic E-state index is 10.3. The molecule has 0 aliphatic heterocycles. The van der Waals surface area contributed by atoms with Gasteiger partial charge in [-0.1, -0.05) is 36.4 Å². The summed E-state index contributed by atoms with van der Waals surface area (Å²) in [6.07, 6.45) is 1.30. The van der Waals surface area contributed by atoms with Crippen LogP contribution in [0.5, 0.6) is 5.75 Å². The molecule has 0 bridgehead atoms. The molecule has 2 aromatic rings. The van der Waals surface area contributed by atoms with Gasteiger partial charge in [0.25, 0.3) is 0 Å². The summed E-state index contributed by atoms with van der Waals surface area (Å²) >= 11 is 0. The first-order chi connectivity index (χ1) is 9.19. The molecule has 3 heteroatoms. The molecule has 0 atom stereocenters. The second-order valence-electron chi connectivity index (χ2n) is 4.36. The van der Waals surface area contributed by atoms with Crippen molar-refractivity contribution in [1.82, 2.24) is 0 Å². The quantitative estimate of drug-likeness (QED) is 0.783. The topological polar surface area (TPSA) is 46.5 Å². The number of rotatable bonds is 3. The van der Waals surface area contributed by atoms with Gasteiger partial charge in [-0.25, -0.2) is 0 Å². The lowest BCUT2D eigenvalue weighted by Gasteiger charge is -1.99. The van der Waals surface area contributed by atoms with Crippen LogP contribution < -0.4 is 4.74 Å². The summed E-state index contributed by atoms with van der Waals surface area (Å²) < 4.78 is 4.93. The summed E-state index contributed by atoms with van der Waals surface area (Å²) in [5.74, 6) is -0.0793. The van der Waals surface area contributed by atoms with Gasteiger partial charge in [0.2, 0.25) is 0 Å². The standard InChI is InChI=1S/C9H10O3.C7H6/c1-12-8-4-2-7(3-5-8)6-9(10)11;1-2-4-7-5-6(7)3-1/h2-5H,6H2,1H3,(H,10,11);1-4H,5H2. The van der Waals surface area contributed by atoms with Gasteiger partial charge in [-0.15, -0.1) is 0 Å². The zero-order valence-electron chi connectivity index (χ0n) is 10.8. The van der Waals surface area contributed by atoms with Crippen molar-refractivity contribution in [2.45, 2.75) is 12.8 Å². The van der Waals surface area contributed by atoms with Crippen LogP contribution in [0.1, 0.15) is 16.7 Å². The first-order valence-corrected chi connectivity index (χ1v) is 6.10. The van der Waals surface area contributed by atoms with Crippen molar-refractivity contribution in [2.24, 2.45) is 0 Å². The molecule has 0 heterocycles. The van der Waals surface area contributed by atoms with E-state index in [9.17, 15) is 4.79 Å². The lowest BCUT2D eigenvalue weighted by molar-refractivity contribution is -0.136. The maximum Gasteiger partial charge on any atom is 0.307 e. The molecule has 3 rings (SSSR count). The third-order valence-corrected chi connectivity index (χ3v) is 2.89. The van der Waals surface area contributed by atoms with Crippen LogP contribution in [0.3, 0.4) is 0 Å². The molecule has 0 radical (unpaired) electrons. The SMILES string of the molecule is COc1ccc(CC(=O)O)cc1.c1ccc2c(c1)C2. The Hall–Kier alpha value is -2.29. The Morgan fingerprint density at radius 1 is 1.11 bits per heavy atom. The molecule has 0 saturated carbocycles. The van der Waals surface area contributed by atoms with E-state index in [4.69, 9.17) is 9.84 Å². The molecule has 0 spiro atoms. The van der Waals surface area contributed by atoms with Crippen molar-refractivity contribution in [3.8, 4) is 5.75 Å². The van der Waals surface area contributed by atoms with Crippen LogP contribution in [0, 0.1) is 0 Å². The lowest BCUT2D eigenvalue weighted by atomic mass is 10.1. The summed E-state index contributed by atoms with van der Waals surface area (Å²) in [5.41, 5.74) is 3.84. The number of benzene rings is 2. The first-order valence-electron chi connectivity index (χ1n) is 6.10. The van der Waals surface area contributed by atoms with Gasteiger partial charge in [0, 0.05) is 0 Å². The van der Waals surface area contributed by atoms with E-state index in [1.165, 1.54) is 17.5 Å². The van der Waals surface area contributed by atoms with E-state index in [2.05, 4.69) is 24.3 Å². The normalized spacial score (nSPS) is 10.8. The number of fused-ring (bicyclic) bond motifs is 1. The summed E-state index contributed by atoms with van der Waals surface area (Å²) in [5, 5.41) is 8.46. The summed E-state index contributed by atoms with van der Waals surface area (Å²) in [6.45, 7) is 0.